The van der Waals surface area contributed by atoms with Crippen LogP contribution in [0.2, 0.25) is 0 Å². The molecule has 160 valence electrons. The zero-order chi connectivity index (χ0) is 21.8. The summed E-state index contributed by atoms with van der Waals surface area (Å²) >= 11 is 0. The van der Waals surface area contributed by atoms with Crippen LogP contribution in [0.25, 0.3) is 0 Å². The number of hydrogen-bond donors (Lipinski definition) is 1. The predicted molar refractivity (Wildman–Crippen MR) is 116 cm³/mol. The maximum Gasteiger partial charge on any atom is 0.311 e. The number of nitrogens with one attached hydrogen (secondary N) is 1. The van der Waals surface area contributed by atoms with E-state index in [2.05, 4.69) is 15.3 Å². The number of ether oxygens (including phenoxy) is 1. The zero-order valence-electron chi connectivity index (χ0n) is 16.8. The second-order valence-corrected chi connectivity index (χ2v) is 6.93. The van der Waals surface area contributed by atoms with Crippen LogP contribution < -0.4 is 15.1 Å². The Morgan fingerprint density at radius 1 is 1.19 bits per heavy atom. The molecule has 0 bridgehead atoms. The summed E-state index contributed by atoms with van der Waals surface area (Å²) in [5.74, 6) is 0.649. The molecule has 3 heterocycles. The molecule has 0 amide bonds. The van der Waals surface area contributed by atoms with Crippen molar-refractivity contribution in [2.24, 2.45) is 0 Å². The molecule has 4 rings (SSSR count). The number of alkyl halides is 1. The second kappa shape index (κ2) is 8.92. The first-order valence-corrected chi connectivity index (χ1v) is 9.67. The van der Waals surface area contributed by atoms with Crippen molar-refractivity contribution in [2.75, 3.05) is 41.9 Å². The fourth-order valence-electron chi connectivity index (χ4n) is 3.30. The van der Waals surface area contributed by atoms with Gasteiger partial charge in [0.25, 0.3) is 0 Å². The Hall–Kier alpha value is -3.79. The molecule has 1 saturated heterocycles. The summed E-state index contributed by atoms with van der Waals surface area (Å²) in [6.07, 6.45) is 2.12. The molecule has 1 fully saturated rings. The lowest BCUT2D eigenvalue weighted by Crippen LogP contribution is -2.42. The molecule has 10 heteroatoms. The van der Waals surface area contributed by atoms with Gasteiger partial charge in [-0.05, 0) is 42.5 Å². The van der Waals surface area contributed by atoms with Gasteiger partial charge in [-0.1, -0.05) is 0 Å². The lowest BCUT2D eigenvalue weighted by molar-refractivity contribution is -0.384. The summed E-state index contributed by atoms with van der Waals surface area (Å²) in [5, 5.41) is 14.5. The van der Waals surface area contributed by atoms with Crippen molar-refractivity contribution in [3.63, 3.8) is 0 Å². The first-order valence-electron chi connectivity index (χ1n) is 9.67. The van der Waals surface area contributed by atoms with Crippen molar-refractivity contribution >= 4 is 34.4 Å². The van der Waals surface area contributed by atoms with E-state index < -0.39 is 11.2 Å². The van der Waals surface area contributed by atoms with Crippen LogP contribution in [0, 0.1) is 10.1 Å². The van der Waals surface area contributed by atoms with Crippen molar-refractivity contribution in [3.8, 4) is 0 Å². The van der Waals surface area contributed by atoms with Crippen molar-refractivity contribution in [1.82, 2.24) is 9.97 Å². The number of rotatable bonds is 6. The lowest BCUT2D eigenvalue weighted by Gasteiger charge is -2.32. The number of aromatic nitrogens is 2. The fourth-order valence-corrected chi connectivity index (χ4v) is 3.30. The Balaban J connectivity index is 1.58. The summed E-state index contributed by atoms with van der Waals surface area (Å²) in [5.41, 5.74) is 2.02. The molecule has 0 radical (unpaired) electrons. The molecule has 2 aromatic heterocycles. The molecule has 1 aliphatic rings. The highest BCUT2D eigenvalue weighted by Crippen LogP contribution is 2.31. The van der Waals surface area contributed by atoms with Gasteiger partial charge in [0.05, 0.1) is 18.1 Å². The molecule has 1 aromatic carbocycles. The Morgan fingerprint density at radius 3 is 2.61 bits per heavy atom. The molecule has 31 heavy (non-hydrogen) atoms. The summed E-state index contributed by atoms with van der Waals surface area (Å²) < 4.78 is 19.2. The van der Waals surface area contributed by atoms with Crippen LogP contribution in [0.3, 0.4) is 0 Å². The second-order valence-electron chi connectivity index (χ2n) is 6.93. The number of halogens is 1. The minimum absolute atomic E-state index is 0.0356. The van der Waals surface area contributed by atoms with Gasteiger partial charge in [0.1, 0.15) is 5.82 Å². The number of benzene rings is 1. The Bertz CT molecular complexity index is 1050. The molecule has 0 saturated carbocycles. The van der Waals surface area contributed by atoms with Crippen LogP contribution in [0.5, 0.6) is 0 Å². The molecule has 1 aliphatic heterocycles. The van der Waals surface area contributed by atoms with E-state index in [0.29, 0.717) is 24.7 Å². The van der Waals surface area contributed by atoms with E-state index in [9.17, 15) is 14.5 Å². The van der Waals surface area contributed by atoms with E-state index in [0.717, 1.165) is 11.4 Å². The number of pyridine rings is 2. The van der Waals surface area contributed by atoms with Crippen molar-refractivity contribution in [3.05, 3.63) is 71.0 Å². The minimum atomic E-state index is -1.20. The molecule has 1 atom stereocenters. The molecular formula is C21H21FN6O3. The third-order valence-corrected chi connectivity index (χ3v) is 4.98. The number of morpholine rings is 1. The maximum atomic E-state index is 14.1. The van der Waals surface area contributed by atoms with Crippen LogP contribution in [-0.2, 0) is 4.74 Å². The molecule has 9 nitrogen and oxygen atoms in total. The molecule has 0 spiro atoms. The largest absolute Gasteiger partial charge is 0.375 e. The summed E-state index contributed by atoms with van der Waals surface area (Å²) in [6.45, 7) is 0.965. The standard InChI is InChI=1S/C21H21FN6O3/c1-26(16-8-10-23-11-9-16)20-7-6-18(28(29)30)21(25-20)24-15-2-4-17(5-3-15)27-12-13-31-14-19(27)22/h2-11,19H,12-14H2,1H3,(H,24,25). The van der Waals surface area contributed by atoms with Gasteiger partial charge in [-0.2, -0.15) is 0 Å². The van der Waals surface area contributed by atoms with Gasteiger partial charge >= 0.3 is 5.69 Å². The van der Waals surface area contributed by atoms with Gasteiger partial charge in [0.2, 0.25) is 5.82 Å². The van der Waals surface area contributed by atoms with Crippen LogP contribution in [-0.4, -0.2) is 48.0 Å². The third-order valence-electron chi connectivity index (χ3n) is 4.98. The van der Waals surface area contributed by atoms with E-state index in [1.165, 1.54) is 6.07 Å². The molecular weight excluding hydrogens is 403 g/mol. The van der Waals surface area contributed by atoms with Gasteiger partial charge < -0.3 is 19.9 Å². The Labute approximate surface area is 178 Å². The summed E-state index contributed by atoms with van der Waals surface area (Å²) in [6, 6.07) is 13.6. The molecule has 0 aliphatic carbocycles. The maximum absolute atomic E-state index is 14.1. The Kier molecular flexibility index (Phi) is 5.89. The zero-order valence-corrected chi connectivity index (χ0v) is 16.8. The van der Waals surface area contributed by atoms with Crippen molar-refractivity contribution in [2.45, 2.75) is 6.30 Å². The first-order chi connectivity index (χ1) is 15.0. The predicted octanol–water partition coefficient (Wildman–Crippen LogP) is 4.03. The van der Waals surface area contributed by atoms with Crippen LogP contribution in [0.4, 0.5) is 38.8 Å². The first kappa shape index (κ1) is 20.5. The number of nitrogens with zero attached hydrogens (tertiary/aromatic N) is 5. The third kappa shape index (κ3) is 4.53. The van der Waals surface area contributed by atoms with E-state index in [1.807, 2.05) is 19.2 Å². The van der Waals surface area contributed by atoms with E-state index >= 15 is 0 Å². The molecule has 1 N–H and O–H groups in total. The number of hydrogen-bond acceptors (Lipinski definition) is 8. The monoisotopic (exact) mass is 424 g/mol. The summed E-state index contributed by atoms with van der Waals surface area (Å²) in [4.78, 5) is 22.9. The smallest absolute Gasteiger partial charge is 0.311 e. The Morgan fingerprint density at radius 2 is 1.94 bits per heavy atom. The van der Waals surface area contributed by atoms with E-state index in [1.54, 1.807) is 52.5 Å². The van der Waals surface area contributed by atoms with Crippen LogP contribution >= 0.6 is 0 Å². The fraction of sp³-hybridized carbons (Fsp3) is 0.238. The van der Waals surface area contributed by atoms with Crippen molar-refractivity contribution < 1.29 is 14.1 Å². The normalized spacial score (nSPS) is 16.1. The van der Waals surface area contributed by atoms with E-state index in [4.69, 9.17) is 4.74 Å². The van der Waals surface area contributed by atoms with E-state index in [-0.39, 0.29) is 18.1 Å². The van der Waals surface area contributed by atoms with Gasteiger partial charge in [-0.15, -0.1) is 0 Å². The SMILES string of the molecule is CN(c1ccncc1)c1ccc([N+](=O)[O-])c(Nc2ccc(N3CCOCC3F)cc2)n1. The van der Waals surface area contributed by atoms with Gasteiger partial charge in [-0.3, -0.25) is 15.1 Å². The average Bonchev–Trinajstić information content (AvgIpc) is 2.80. The van der Waals surface area contributed by atoms with Crippen LogP contribution in [0.15, 0.2) is 60.9 Å². The van der Waals surface area contributed by atoms with Gasteiger partial charge in [0.15, 0.2) is 6.30 Å². The highest BCUT2D eigenvalue weighted by Gasteiger charge is 2.23. The van der Waals surface area contributed by atoms with Crippen LogP contribution in [0.1, 0.15) is 0 Å². The highest BCUT2D eigenvalue weighted by molar-refractivity contribution is 5.71. The minimum Gasteiger partial charge on any atom is -0.375 e. The highest BCUT2D eigenvalue weighted by atomic mass is 19.1. The van der Waals surface area contributed by atoms with Gasteiger partial charge in [-0.25, -0.2) is 9.37 Å². The average molecular weight is 424 g/mol. The molecule has 1 unspecified atom stereocenters. The van der Waals surface area contributed by atoms with Gasteiger partial charge in [0, 0.05) is 49.1 Å². The van der Waals surface area contributed by atoms with Crippen molar-refractivity contribution in [1.29, 1.82) is 0 Å². The number of anilines is 5. The lowest BCUT2D eigenvalue weighted by atomic mass is 10.2. The number of nitro groups is 1. The quantitative estimate of drug-likeness (QED) is 0.360. The summed E-state index contributed by atoms with van der Waals surface area (Å²) in [7, 11) is 1.82. The molecule has 3 aromatic rings. The topological polar surface area (TPSA) is 96.7 Å².